The maximum atomic E-state index is 12.0. The summed E-state index contributed by atoms with van der Waals surface area (Å²) >= 11 is 0. The highest BCUT2D eigenvalue weighted by Gasteiger charge is 2.60. The molecule has 0 aromatic carbocycles. The van der Waals surface area contributed by atoms with Crippen LogP contribution >= 0.6 is 0 Å². The molecule has 4 rings (SSSR count). The maximum absolute atomic E-state index is 12.0. The summed E-state index contributed by atoms with van der Waals surface area (Å²) in [5.41, 5.74) is 0. The predicted molar refractivity (Wildman–Crippen MR) is 58.7 cm³/mol. The molecule has 0 bridgehead atoms. The van der Waals surface area contributed by atoms with Crippen LogP contribution in [0.2, 0.25) is 0 Å². The van der Waals surface area contributed by atoms with Gasteiger partial charge in [0.2, 0.25) is 11.6 Å². The molecule has 4 fully saturated rings. The molecule has 4 aliphatic carbocycles. The number of hydrogen-bond acceptors (Lipinski definition) is 2. The largest absolute Gasteiger partial charge is 0.291 e. The second-order valence-electron chi connectivity index (χ2n) is 6.35. The van der Waals surface area contributed by atoms with Crippen LogP contribution in [-0.2, 0) is 9.59 Å². The molecule has 4 unspecified atom stereocenters. The Morgan fingerprint density at radius 1 is 0.625 bits per heavy atom. The third-order valence-electron chi connectivity index (χ3n) is 5.98. The molecule has 16 heavy (non-hydrogen) atoms. The quantitative estimate of drug-likeness (QED) is 0.584. The van der Waals surface area contributed by atoms with Crippen LogP contribution in [0.3, 0.4) is 0 Å². The summed E-state index contributed by atoms with van der Waals surface area (Å²) in [5, 5.41) is 0. The van der Waals surface area contributed by atoms with E-state index in [1.807, 2.05) is 0 Å². The molecule has 0 amide bonds. The van der Waals surface area contributed by atoms with Crippen molar-refractivity contribution in [3.8, 4) is 0 Å². The van der Waals surface area contributed by atoms with Crippen molar-refractivity contribution in [2.24, 2.45) is 35.5 Å². The molecule has 86 valence electrons. The van der Waals surface area contributed by atoms with E-state index in [4.69, 9.17) is 0 Å². The van der Waals surface area contributed by atoms with Crippen LogP contribution in [0.15, 0.2) is 0 Å². The van der Waals surface area contributed by atoms with E-state index in [1.54, 1.807) is 0 Å². The topological polar surface area (TPSA) is 34.1 Å². The number of hydrogen-bond donors (Lipinski definition) is 0. The van der Waals surface area contributed by atoms with Crippen LogP contribution in [0.4, 0.5) is 0 Å². The van der Waals surface area contributed by atoms with Gasteiger partial charge in [-0.3, -0.25) is 9.59 Å². The van der Waals surface area contributed by atoms with Gasteiger partial charge in [0.25, 0.3) is 0 Å². The van der Waals surface area contributed by atoms with Crippen molar-refractivity contribution in [3.05, 3.63) is 0 Å². The SMILES string of the molecule is O=C1C(=O)C2CCC3CCC4CCC1C2C43. The molecule has 0 aliphatic heterocycles. The Kier molecular flexibility index (Phi) is 1.74. The predicted octanol–water partition coefficient (Wildman–Crippen LogP) is 2.22. The van der Waals surface area contributed by atoms with Gasteiger partial charge in [-0.1, -0.05) is 0 Å². The first-order chi connectivity index (χ1) is 7.77. The highest BCUT2D eigenvalue weighted by Crippen LogP contribution is 2.60. The first kappa shape index (κ1) is 9.38. The van der Waals surface area contributed by atoms with Crippen molar-refractivity contribution in [1.82, 2.24) is 0 Å². The molecule has 4 saturated carbocycles. The summed E-state index contributed by atoms with van der Waals surface area (Å²) in [6.45, 7) is 0. The lowest BCUT2D eigenvalue weighted by Gasteiger charge is -2.43. The summed E-state index contributed by atoms with van der Waals surface area (Å²) in [6, 6.07) is 0. The van der Waals surface area contributed by atoms with Gasteiger partial charge in [-0.15, -0.1) is 0 Å². The minimum atomic E-state index is 0.000926. The highest BCUT2D eigenvalue weighted by molar-refractivity contribution is 6.41. The monoisotopic (exact) mass is 218 g/mol. The Morgan fingerprint density at radius 2 is 1.06 bits per heavy atom. The summed E-state index contributed by atoms with van der Waals surface area (Å²) in [5.74, 6) is 3.20. The summed E-state index contributed by atoms with van der Waals surface area (Å²) in [4.78, 5) is 23.9. The average Bonchev–Trinajstić information content (AvgIpc) is 2.82. The molecule has 0 aromatic heterocycles. The second kappa shape index (κ2) is 2.96. The maximum Gasteiger partial charge on any atom is 0.202 e. The van der Waals surface area contributed by atoms with Gasteiger partial charge >= 0.3 is 0 Å². The Morgan fingerprint density at radius 3 is 1.56 bits per heavy atom. The molecule has 0 saturated heterocycles. The zero-order valence-corrected chi connectivity index (χ0v) is 9.52. The third-order valence-corrected chi connectivity index (χ3v) is 5.98. The third kappa shape index (κ3) is 0.946. The number of ketones is 2. The average molecular weight is 218 g/mol. The molecular weight excluding hydrogens is 200 g/mol. The first-order valence-electron chi connectivity index (χ1n) is 6.85. The minimum absolute atomic E-state index is 0.000926. The van der Waals surface area contributed by atoms with Crippen molar-refractivity contribution in [3.63, 3.8) is 0 Å². The van der Waals surface area contributed by atoms with Crippen molar-refractivity contribution >= 4 is 11.6 Å². The second-order valence-corrected chi connectivity index (χ2v) is 6.35. The van der Waals surface area contributed by atoms with Crippen molar-refractivity contribution < 1.29 is 9.59 Å². The van der Waals surface area contributed by atoms with Gasteiger partial charge in [-0.25, -0.2) is 0 Å². The van der Waals surface area contributed by atoms with E-state index in [1.165, 1.54) is 25.7 Å². The fourth-order valence-corrected chi connectivity index (χ4v) is 5.47. The van der Waals surface area contributed by atoms with Gasteiger partial charge in [0, 0.05) is 11.8 Å². The fourth-order valence-electron chi connectivity index (χ4n) is 5.47. The Balaban J connectivity index is 1.79. The lowest BCUT2D eigenvalue weighted by molar-refractivity contribution is -0.137. The number of carbonyl (C=O) groups excluding carboxylic acids is 2. The molecule has 0 heterocycles. The molecule has 4 aliphatic rings. The van der Waals surface area contributed by atoms with E-state index in [-0.39, 0.29) is 23.4 Å². The van der Waals surface area contributed by atoms with E-state index in [0.717, 1.165) is 30.6 Å². The lowest BCUT2D eigenvalue weighted by atomic mass is 9.60. The number of carbonyl (C=O) groups is 2. The van der Waals surface area contributed by atoms with Crippen molar-refractivity contribution in [2.45, 2.75) is 38.5 Å². The summed E-state index contributed by atoms with van der Waals surface area (Å²) < 4.78 is 0. The molecule has 2 heteroatoms. The van der Waals surface area contributed by atoms with Crippen molar-refractivity contribution in [1.29, 1.82) is 0 Å². The van der Waals surface area contributed by atoms with E-state index >= 15 is 0 Å². The highest BCUT2D eigenvalue weighted by atomic mass is 16.2. The standard InChI is InChI=1S/C14H18O2/c15-13-9-5-3-7-1-2-8-4-6-10(14(13)16)12(9)11(7)8/h7-12H,1-6H2. The number of Topliss-reactive ketones (excluding diaryl/α,β-unsaturated/α-hetero) is 2. The van der Waals surface area contributed by atoms with E-state index in [9.17, 15) is 9.59 Å². The van der Waals surface area contributed by atoms with Gasteiger partial charge in [-0.2, -0.15) is 0 Å². The van der Waals surface area contributed by atoms with E-state index in [2.05, 4.69) is 0 Å². The van der Waals surface area contributed by atoms with Crippen LogP contribution in [0.1, 0.15) is 38.5 Å². The lowest BCUT2D eigenvalue weighted by Crippen LogP contribution is -2.39. The molecule has 0 radical (unpaired) electrons. The first-order valence-corrected chi connectivity index (χ1v) is 6.85. The van der Waals surface area contributed by atoms with Gasteiger partial charge in [0.05, 0.1) is 0 Å². The van der Waals surface area contributed by atoms with Crippen LogP contribution in [-0.4, -0.2) is 11.6 Å². The smallest absolute Gasteiger partial charge is 0.202 e. The fraction of sp³-hybridized carbons (Fsp3) is 0.857. The zero-order chi connectivity index (χ0) is 10.9. The van der Waals surface area contributed by atoms with Crippen LogP contribution in [0.5, 0.6) is 0 Å². The number of rotatable bonds is 0. The molecule has 0 N–H and O–H groups in total. The van der Waals surface area contributed by atoms with Crippen LogP contribution < -0.4 is 0 Å². The van der Waals surface area contributed by atoms with Gasteiger partial charge in [0.15, 0.2) is 0 Å². The molecule has 2 nitrogen and oxygen atoms in total. The van der Waals surface area contributed by atoms with Gasteiger partial charge in [0.1, 0.15) is 0 Å². The molecule has 0 spiro atoms. The summed E-state index contributed by atoms with van der Waals surface area (Å²) in [6.07, 6.45) is 7.20. The Hall–Kier alpha value is -0.660. The Bertz CT molecular complexity index is 339. The normalized spacial score (nSPS) is 54.2. The van der Waals surface area contributed by atoms with Crippen LogP contribution in [0, 0.1) is 35.5 Å². The van der Waals surface area contributed by atoms with E-state index in [0.29, 0.717) is 5.92 Å². The van der Waals surface area contributed by atoms with Gasteiger partial charge < -0.3 is 0 Å². The van der Waals surface area contributed by atoms with E-state index < -0.39 is 0 Å². The zero-order valence-electron chi connectivity index (χ0n) is 9.52. The minimum Gasteiger partial charge on any atom is -0.291 e. The summed E-state index contributed by atoms with van der Waals surface area (Å²) in [7, 11) is 0. The molecule has 4 atom stereocenters. The Labute approximate surface area is 95.8 Å². The van der Waals surface area contributed by atoms with Gasteiger partial charge in [-0.05, 0) is 62.2 Å². The van der Waals surface area contributed by atoms with Crippen molar-refractivity contribution in [2.75, 3.05) is 0 Å². The van der Waals surface area contributed by atoms with Crippen LogP contribution in [0.25, 0.3) is 0 Å². The molecular formula is C14H18O2. The molecule has 0 aromatic rings.